The molecule has 0 aliphatic heterocycles. The van der Waals surface area contributed by atoms with Crippen LogP contribution in [0.25, 0.3) is 0 Å². The molecule has 0 spiro atoms. The minimum Gasteiger partial charge on any atom is -0.324 e. The van der Waals surface area contributed by atoms with E-state index in [1.807, 2.05) is 14.1 Å². The molecule has 0 saturated heterocycles. The van der Waals surface area contributed by atoms with Gasteiger partial charge in [0, 0.05) is 24.7 Å². The number of thiazole rings is 1. The Morgan fingerprint density at radius 2 is 2.00 bits per heavy atom. The molecule has 0 fully saturated rings. The average molecular weight is 156 g/mol. The first-order valence-corrected chi connectivity index (χ1v) is 4.04. The highest BCUT2D eigenvalue weighted by Gasteiger charge is 1.99. The Morgan fingerprint density at radius 1 is 1.40 bits per heavy atom. The first-order valence-electron chi connectivity index (χ1n) is 3.22. The molecule has 1 aromatic heterocycles. The van der Waals surface area contributed by atoms with Gasteiger partial charge in [0.15, 0.2) is 4.80 Å². The fourth-order valence-electron chi connectivity index (χ4n) is 0.855. The van der Waals surface area contributed by atoms with Crippen LogP contribution in [-0.2, 0) is 7.05 Å². The number of nitrogens with zero attached hydrogens (tertiary/aromatic N) is 2. The number of aryl methyl sites for hydroxylation is 1. The minimum absolute atomic E-state index is 1.09. The van der Waals surface area contributed by atoms with Crippen molar-refractivity contribution in [3.8, 4) is 0 Å². The third-order valence-electron chi connectivity index (χ3n) is 1.74. The fourth-order valence-corrected chi connectivity index (χ4v) is 1.78. The van der Waals surface area contributed by atoms with Crippen molar-refractivity contribution in [1.29, 1.82) is 0 Å². The van der Waals surface area contributed by atoms with Gasteiger partial charge in [-0.3, -0.25) is 4.99 Å². The summed E-state index contributed by atoms with van der Waals surface area (Å²) in [4.78, 5) is 6.58. The molecule has 0 aromatic carbocycles. The van der Waals surface area contributed by atoms with Crippen molar-refractivity contribution in [2.24, 2.45) is 12.0 Å². The Balaban J connectivity index is 3.46. The van der Waals surface area contributed by atoms with Crippen molar-refractivity contribution in [2.45, 2.75) is 13.8 Å². The van der Waals surface area contributed by atoms with Crippen LogP contribution in [0.3, 0.4) is 0 Å². The summed E-state index contributed by atoms with van der Waals surface area (Å²) in [6.45, 7) is 4.23. The Bertz CT molecular complexity index is 293. The highest BCUT2D eigenvalue weighted by Crippen LogP contribution is 2.06. The van der Waals surface area contributed by atoms with Gasteiger partial charge in [-0.15, -0.1) is 11.3 Å². The maximum Gasteiger partial charge on any atom is 0.184 e. The molecule has 1 aromatic rings. The Kier molecular flexibility index (Phi) is 1.94. The first-order chi connectivity index (χ1) is 4.66. The fraction of sp³-hybridized carbons (Fsp3) is 0.571. The number of rotatable bonds is 0. The number of hydrogen-bond donors (Lipinski definition) is 0. The molecule has 0 unspecified atom stereocenters. The van der Waals surface area contributed by atoms with Gasteiger partial charge in [0.05, 0.1) is 0 Å². The highest BCUT2D eigenvalue weighted by molar-refractivity contribution is 7.09. The van der Waals surface area contributed by atoms with E-state index in [9.17, 15) is 0 Å². The van der Waals surface area contributed by atoms with Gasteiger partial charge in [-0.05, 0) is 13.8 Å². The summed E-state index contributed by atoms with van der Waals surface area (Å²) in [6, 6.07) is 0. The van der Waals surface area contributed by atoms with Gasteiger partial charge in [-0.2, -0.15) is 0 Å². The summed E-state index contributed by atoms with van der Waals surface area (Å²) in [5, 5.41) is 0. The van der Waals surface area contributed by atoms with Crippen molar-refractivity contribution in [2.75, 3.05) is 7.05 Å². The lowest BCUT2D eigenvalue weighted by molar-refractivity contribution is 0.825. The number of hydrogen-bond acceptors (Lipinski definition) is 2. The Labute approximate surface area is 64.9 Å². The lowest BCUT2D eigenvalue weighted by atomic mass is 10.4. The molecule has 1 rings (SSSR count). The van der Waals surface area contributed by atoms with Crippen molar-refractivity contribution in [3.05, 3.63) is 15.4 Å². The van der Waals surface area contributed by atoms with Gasteiger partial charge in [0.25, 0.3) is 0 Å². The second-order valence-electron chi connectivity index (χ2n) is 2.31. The van der Waals surface area contributed by atoms with E-state index >= 15 is 0 Å². The predicted octanol–water partition coefficient (Wildman–Crippen LogP) is 1.23. The third-order valence-corrected chi connectivity index (χ3v) is 2.98. The normalized spacial score (nSPS) is 12.6. The lowest BCUT2D eigenvalue weighted by Gasteiger charge is -1.93. The molecule has 0 saturated carbocycles. The summed E-state index contributed by atoms with van der Waals surface area (Å²) < 4.78 is 2.11. The minimum atomic E-state index is 1.09. The van der Waals surface area contributed by atoms with Crippen molar-refractivity contribution < 1.29 is 0 Å². The molecular weight excluding hydrogens is 144 g/mol. The van der Waals surface area contributed by atoms with E-state index in [0.717, 1.165) is 4.80 Å². The van der Waals surface area contributed by atoms with Gasteiger partial charge in [-0.1, -0.05) is 0 Å². The van der Waals surface area contributed by atoms with E-state index < -0.39 is 0 Å². The van der Waals surface area contributed by atoms with Crippen LogP contribution >= 0.6 is 11.3 Å². The third kappa shape index (κ3) is 1.01. The molecule has 2 nitrogen and oxygen atoms in total. The summed E-state index contributed by atoms with van der Waals surface area (Å²) in [5.74, 6) is 0. The molecule has 0 aliphatic rings. The standard InChI is InChI=1S/C7H12N2S/c1-5-6(2)10-7(8-3)9(5)4/h1-4H3/b8-7+. The smallest absolute Gasteiger partial charge is 0.184 e. The van der Waals surface area contributed by atoms with Crippen molar-refractivity contribution in [1.82, 2.24) is 4.57 Å². The van der Waals surface area contributed by atoms with Crippen LogP contribution in [0.4, 0.5) is 0 Å². The molecule has 10 heavy (non-hydrogen) atoms. The van der Waals surface area contributed by atoms with Crippen LogP contribution in [-0.4, -0.2) is 11.6 Å². The molecule has 56 valence electrons. The van der Waals surface area contributed by atoms with Gasteiger partial charge < -0.3 is 4.57 Å². The molecule has 0 amide bonds. The predicted molar refractivity (Wildman–Crippen MR) is 44.3 cm³/mol. The number of aromatic nitrogens is 1. The van der Waals surface area contributed by atoms with E-state index in [-0.39, 0.29) is 0 Å². The van der Waals surface area contributed by atoms with Crippen LogP contribution in [0.2, 0.25) is 0 Å². The van der Waals surface area contributed by atoms with Gasteiger partial charge in [0.1, 0.15) is 0 Å². The monoisotopic (exact) mass is 156 g/mol. The first kappa shape index (κ1) is 7.54. The molecule has 3 heteroatoms. The molecule has 0 radical (unpaired) electrons. The van der Waals surface area contributed by atoms with Crippen LogP contribution in [0.15, 0.2) is 4.99 Å². The Morgan fingerprint density at radius 3 is 2.20 bits per heavy atom. The SMILES string of the molecule is C/N=c1/sc(C)c(C)n1C. The molecule has 0 bridgehead atoms. The van der Waals surface area contributed by atoms with E-state index in [2.05, 4.69) is 23.4 Å². The summed E-state index contributed by atoms with van der Waals surface area (Å²) in [6.07, 6.45) is 0. The van der Waals surface area contributed by atoms with Crippen LogP contribution in [0, 0.1) is 13.8 Å². The summed E-state index contributed by atoms with van der Waals surface area (Å²) in [5.41, 5.74) is 1.31. The molecule has 0 atom stereocenters. The van der Waals surface area contributed by atoms with E-state index in [1.54, 1.807) is 11.3 Å². The van der Waals surface area contributed by atoms with Crippen LogP contribution in [0.5, 0.6) is 0 Å². The Hall–Kier alpha value is -0.570. The lowest BCUT2D eigenvalue weighted by Crippen LogP contribution is -2.10. The molecular formula is C7H12N2S. The second-order valence-corrected chi connectivity index (χ2v) is 3.49. The zero-order valence-corrected chi connectivity index (χ0v) is 7.62. The van der Waals surface area contributed by atoms with Crippen molar-refractivity contribution in [3.63, 3.8) is 0 Å². The van der Waals surface area contributed by atoms with Crippen molar-refractivity contribution >= 4 is 11.3 Å². The average Bonchev–Trinajstić information content (AvgIpc) is 2.17. The second kappa shape index (κ2) is 2.58. The summed E-state index contributed by atoms with van der Waals surface area (Å²) in [7, 11) is 3.87. The maximum atomic E-state index is 4.13. The molecule has 1 heterocycles. The topological polar surface area (TPSA) is 17.3 Å². The summed E-state index contributed by atoms with van der Waals surface area (Å²) >= 11 is 1.74. The van der Waals surface area contributed by atoms with E-state index in [4.69, 9.17) is 0 Å². The van der Waals surface area contributed by atoms with Crippen LogP contribution in [0.1, 0.15) is 10.6 Å². The van der Waals surface area contributed by atoms with E-state index in [0.29, 0.717) is 0 Å². The zero-order valence-electron chi connectivity index (χ0n) is 6.80. The largest absolute Gasteiger partial charge is 0.324 e. The van der Waals surface area contributed by atoms with Gasteiger partial charge in [-0.25, -0.2) is 0 Å². The molecule has 0 aliphatic carbocycles. The maximum absolute atomic E-state index is 4.13. The quantitative estimate of drug-likeness (QED) is 0.537. The van der Waals surface area contributed by atoms with Crippen LogP contribution < -0.4 is 4.80 Å². The highest BCUT2D eigenvalue weighted by atomic mass is 32.1. The van der Waals surface area contributed by atoms with Gasteiger partial charge in [0.2, 0.25) is 0 Å². The van der Waals surface area contributed by atoms with E-state index in [1.165, 1.54) is 10.6 Å². The molecule has 0 N–H and O–H groups in total. The zero-order chi connectivity index (χ0) is 7.72. The van der Waals surface area contributed by atoms with Gasteiger partial charge >= 0.3 is 0 Å².